The molecule has 0 bridgehead atoms. The van der Waals surface area contributed by atoms with Crippen LogP contribution in [-0.2, 0) is 6.42 Å². The number of nitro groups is 1. The summed E-state index contributed by atoms with van der Waals surface area (Å²) >= 11 is 0. The maximum absolute atomic E-state index is 11.2. The lowest BCUT2D eigenvalue weighted by Gasteiger charge is -2.09. The van der Waals surface area contributed by atoms with E-state index in [-0.39, 0.29) is 10.6 Å². The predicted octanol–water partition coefficient (Wildman–Crippen LogP) is 4.37. The molecule has 0 N–H and O–H groups in total. The van der Waals surface area contributed by atoms with Gasteiger partial charge in [-0.3, -0.25) is 10.1 Å². The summed E-state index contributed by atoms with van der Waals surface area (Å²) in [6.45, 7) is 2.03. The number of fused-ring (bicyclic) bond motifs is 1. The van der Waals surface area contributed by atoms with Crippen molar-refractivity contribution < 1.29 is 4.92 Å². The first-order valence-electron chi connectivity index (χ1n) is 6.83. The second kappa shape index (κ2) is 5.32. The van der Waals surface area contributed by atoms with Gasteiger partial charge in [0.25, 0.3) is 5.69 Å². The third-order valence-electron chi connectivity index (χ3n) is 3.54. The Kier molecular flexibility index (Phi) is 3.36. The number of benzene rings is 2. The topological polar surface area (TPSA) is 56.0 Å². The minimum Gasteiger partial charge on any atom is -0.258 e. The van der Waals surface area contributed by atoms with Crippen LogP contribution in [0.25, 0.3) is 22.2 Å². The monoisotopic (exact) mass is 278 g/mol. The maximum atomic E-state index is 11.2. The molecule has 104 valence electrons. The van der Waals surface area contributed by atoms with Crippen molar-refractivity contribution >= 4 is 16.6 Å². The average molecular weight is 278 g/mol. The fraction of sp³-hybridized carbons (Fsp3) is 0.118. The molecule has 0 atom stereocenters. The summed E-state index contributed by atoms with van der Waals surface area (Å²) in [4.78, 5) is 15.5. The van der Waals surface area contributed by atoms with E-state index in [1.54, 1.807) is 18.2 Å². The predicted molar refractivity (Wildman–Crippen MR) is 83.2 cm³/mol. The van der Waals surface area contributed by atoms with Crippen LogP contribution in [-0.4, -0.2) is 9.91 Å². The lowest BCUT2D eigenvalue weighted by molar-refractivity contribution is -0.384. The molecule has 4 heteroatoms. The molecule has 0 unspecified atom stereocenters. The van der Waals surface area contributed by atoms with Gasteiger partial charge in [0.2, 0.25) is 0 Å². The van der Waals surface area contributed by atoms with E-state index >= 15 is 0 Å². The fourth-order valence-electron chi connectivity index (χ4n) is 2.50. The average Bonchev–Trinajstić information content (AvgIpc) is 2.53. The van der Waals surface area contributed by atoms with E-state index < -0.39 is 0 Å². The van der Waals surface area contributed by atoms with Gasteiger partial charge in [-0.15, -0.1) is 0 Å². The molecular formula is C17H14N2O2. The van der Waals surface area contributed by atoms with Crippen LogP contribution in [0.4, 0.5) is 5.69 Å². The highest BCUT2D eigenvalue weighted by molar-refractivity contribution is 5.85. The highest BCUT2D eigenvalue weighted by atomic mass is 16.6. The molecule has 0 aliphatic carbocycles. The van der Waals surface area contributed by atoms with Gasteiger partial charge in [0, 0.05) is 11.5 Å². The Balaban J connectivity index is 2.31. The van der Waals surface area contributed by atoms with Crippen LogP contribution in [0.3, 0.4) is 0 Å². The van der Waals surface area contributed by atoms with Crippen LogP contribution in [0.1, 0.15) is 12.5 Å². The minimum atomic E-state index is -0.356. The number of hydrogen-bond acceptors (Lipinski definition) is 3. The Morgan fingerprint density at radius 2 is 1.81 bits per heavy atom. The summed E-state index contributed by atoms with van der Waals surface area (Å²) < 4.78 is 0. The number of rotatable bonds is 3. The molecule has 21 heavy (non-hydrogen) atoms. The summed E-state index contributed by atoms with van der Waals surface area (Å²) in [6, 6.07) is 16.6. The van der Waals surface area contributed by atoms with Crippen LogP contribution in [0.2, 0.25) is 0 Å². The molecule has 0 radical (unpaired) electrons. The number of para-hydroxylation sites is 2. The van der Waals surface area contributed by atoms with Gasteiger partial charge < -0.3 is 0 Å². The van der Waals surface area contributed by atoms with E-state index in [9.17, 15) is 10.1 Å². The first-order chi connectivity index (χ1) is 10.2. The Hall–Kier alpha value is -2.75. The van der Waals surface area contributed by atoms with Gasteiger partial charge in [0.1, 0.15) is 0 Å². The fourth-order valence-corrected chi connectivity index (χ4v) is 2.50. The highest BCUT2D eigenvalue weighted by Crippen LogP contribution is 2.32. The van der Waals surface area contributed by atoms with E-state index in [2.05, 4.69) is 11.1 Å². The number of hydrogen-bond donors (Lipinski definition) is 0. The SMILES string of the molecule is CCc1cc2ccccc2nc1-c1ccccc1[N+](=O)[O-]. The normalized spacial score (nSPS) is 10.7. The molecule has 0 saturated heterocycles. The maximum Gasteiger partial charge on any atom is 0.278 e. The number of aryl methyl sites for hydroxylation is 1. The van der Waals surface area contributed by atoms with Crippen molar-refractivity contribution in [3.05, 3.63) is 70.3 Å². The molecular weight excluding hydrogens is 264 g/mol. The minimum absolute atomic E-state index is 0.0926. The van der Waals surface area contributed by atoms with Crippen molar-refractivity contribution in [1.82, 2.24) is 4.98 Å². The van der Waals surface area contributed by atoms with Gasteiger partial charge in [-0.25, -0.2) is 4.98 Å². The summed E-state index contributed by atoms with van der Waals surface area (Å²) in [7, 11) is 0. The Labute approximate surface area is 122 Å². The molecule has 0 aliphatic heterocycles. The highest BCUT2D eigenvalue weighted by Gasteiger charge is 2.18. The lowest BCUT2D eigenvalue weighted by Crippen LogP contribution is -1.97. The Morgan fingerprint density at radius 3 is 2.57 bits per heavy atom. The van der Waals surface area contributed by atoms with Gasteiger partial charge in [0.05, 0.1) is 21.7 Å². The molecule has 3 rings (SSSR count). The smallest absolute Gasteiger partial charge is 0.258 e. The first kappa shape index (κ1) is 13.2. The number of pyridine rings is 1. The third-order valence-corrected chi connectivity index (χ3v) is 3.54. The second-order valence-corrected chi connectivity index (χ2v) is 4.82. The van der Waals surface area contributed by atoms with Gasteiger partial charge >= 0.3 is 0 Å². The summed E-state index contributed by atoms with van der Waals surface area (Å²) in [5.74, 6) is 0. The van der Waals surface area contributed by atoms with Gasteiger partial charge in [-0.1, -0.05) is 37.3 Å². The van der Waals surface area contributed by atoms with Crippen molar-refractivity contribution in [2.75, 3.05) is 0 Å². The van der Waals surface area contributed by atoms with Gasteiger partial charge in [0.15, 0.2) is 0 Å². The molecule has 1 heterocycles. The van der Waals surface area contributed by atoms with Crippen LogP contribution in [0.5, 0.6) is 0 Å². The van der Waals surface area contributed by atoms with E-state index in [0.29, 0.717) is 11.3 Å². The van der Waals surface area contributed by atoms with Gasteiger partial charge in [-0.05, 0) is 30.2 Å². The summed E-state index contributed by atoms with van der Waals surface area (Å²) in [5, 5.41) is 12.3. The largest absolute Gasteiger partial charge is 0.278 e. The second-order valence-electron chi connectivity index (χ2n) is 4.82. The van der Waals surface area contributed by atoms with E-state index in [1.807, 2.05) is 31.2 Å². The molecule has 0 spiro atoms. The standard InChI is InChI=1S/C17H14N2O2/c1-2-12-11-13-7-3-5-9-15(13)18-17(12)14-8-4-6-10-16(14)19(20)21/h3-11H,2H2,1H3. The molecule has 0 fully saturated rings. The molecule has 0 amide bonds. The van der Waals surface area contributed by atoms with Crippen molar-refractivity contribution in [1.29, 1.82) is 0 Å². The van der Waals surface area contributed by atoms with Crippen LogP contribution < -0.4 is 0 Å². The van der Waals surface area contributed by atoms with Crippen LogP contribution in [0.15, 0.2) is 54.6 Å². The molecule has 3 aromatic rings. The number of nitrogens with zero attached hydrogens (tertiary/aromatic N) is 2. The van der Waals surface area contributed by atoms with Crippen LogP contribution in [0, 0.1) is 10.1 Å². The molecule has 0 aliphatic rings. The van der Waals surface area contributed by atoms with Crippen molar-refractivity contribution in [2.24, 2.45) is 0 Å². The molecule has 4 nitrogen and oxygen atoms in total. The van der Waals surface area contributed by atoms with E-state index in [1.165, 1.54) is 6.07 Å². The number of aromatic nitrogens is 1. The van der Waals surface area contributed by atoms with Crippen molar-refractivity contribution in [3.8, 4) is 11.3 Å². The van der Waals surface area contributed by atoms with Crippen molar-refractivity contribution in [2.45, 2.75) is 13.3 Å². The van der Waals surface area contributed by atoms with Crippen LogP contribution >= 0.6 is 0 Å². The lowest BCUT2D eigenvalue weighted by atomic mass is 10.0. The molecule has 0 saturated carbocycles. The zero-order valence-electron chi connectivity index (χ0n) is 11.6. The molecule has 1 aromatic heterocycles. The van der Waals surface area contributed by atoms with Crippen molar-refractivity contribution in [3.63, 3.8) is 0 Å². The third kappa shape index (κ3) is 2.36. The Morgan fingerprint density at radius 1 is 1.10 bits per heavy atom. The zero-order valence-corrected chi connectivity index (χ0v) is 11.6. The summed E-state index contributed by atoms with van der Waals surface area (Å²) in [5.41, 5.74) is 3.23. The number of nitro benzene ring substituents is 1. The van der Waals surface area contributed by atoms with E-state index in [0.717, 1.165) is 22.9 Å². The Bertz CT molecular complexity index is 828. The van der Waals surface area contributed by atoms with E-state index in [4.69, 9.17) is 0 Å². The zero-order chi connectivity index (χ0) is 14.8. The quantitative estimate of drug-likeness (QED) is 0.528. The molecule has 2 aromatic carbocycles. The van der Waals surface area contributed by atoms with Gasteiger partial charge in [-0.2, -0.15) is 0 Å². The summed E-state index contributed by atoms with van der Waals surface area (Å²) in [6.07, 6.45) is 0.777. The first-order valence-corrected chi connectivity index (χ1v) is 6.83.